The molecule has 1 rings (SSSR count). The topological polar surface area (TPSA) is 18.5 Å². The molecule has 0 N–H and O–H groups in total. The van der Waals surface area contributed by atoms with Gasteiger partial charge in [0.2, 0.25) is 0 Å². The van der Waals surface area contributed by atoms with E-state index in [1.54, 1.807) is 0 Å². The SMILES string of the molecule is CC1(C)OCC(F)(F)C(F)(F)C(F)(F)CO1. The Labute approximate surface area is 87.5 Å². The molecule has 0 atom stereocenters. The largest absolute Gasteiger partial charge is 0.376 e. The van der Waals surface area contributed by atoms with Gasteiger partial charge in [0, 0.05) is 0 Å². The number of halogens is 6. The summed E-state index contributed by atoms with van der Waals surface area (Å²) in [5.74, 6) is -17.2. The molecule has 0 aromatic rings. The summed E-state index contributed by atoms with van der Waals surface area (Å²) in [6, 6.07) is 0. The van der Waals surface area contributed by atoms with Gasteiger partial charge in [-0.05, 0) is 13.8 Å². The van der Waals surface area contributed by atoms with E-state index in [-0.39, 0.29) is 0 Å². The summed E-state index contributed by atoms with van der Waals surface area (Å²) >= 11 is 0. The summed E-state index contributed by atoms with van der Waals surface area (Å²) in [5.41, 5.74) is 0. The summed E-state index contributed by atoms with van der Waals surface area (Å²) in [4.78, 5) is 0. The van der Waals surface area contributed by atoms with Crippen LogP contribution in [0.1, 0.15) is 13.8 Å². The van der Waals surface area contributed by atoms with Gasteiger partial charge in [-0.2, -0.15) is 26.3 Å². The second kappa shape index (κ2) is 3.49. The van der Waals surface area contributed by atoms with Crippen LogP contribution in [0.5, 0.6) is 0 Å². The highest BCUT2D eigenvalue weighted by atomic mass is 19.3. The van der Waals surface area contributed by atoms with Crippen LogP contribution in [0, 0.1) is 0 Å². The fraction of sp³-hybridized carbons (Fsp3) is 1.00. The third kappa shape index (κ3) is 2.13. The van der Waals surface area contributed by atoms with E-state index in [1.165, 1.54) is 0 Å². The average molecular weight is 252 g/mol. The first-order chi connectivity index (χ1) is 6.91. The number of ether oxygens (including phenoxy) is 2. The molecule has 0 saturated carbocycles. The van der Waals surface area contributed by atoms with Gasteiger partial charge in [-0.25, -0.2) is 0 Å². The highest BCUT2D eigenvalue weighted by Gasteiger charge is 2.72. The molecule has 0 amide bonds. The Morgan fingerprint density at radius 3 is 1.38 bits per heavy atom. The van der Waals surface area contributed by atoms with Crippen molar-refractivity contribution in [3.8, 4) is 0 Å². The average Bonchev–Trinajstić information content (AvgIpc) is 2.11. The van der Waals surface area contributed by atoms with Crippen LogP contribution in [0.2, 0.25) is 0 Å². The van der Waals surface area contributed by atoms with Crippen molar-refractivity contribution in [3.05, 3.63) is 0 Å². The molecule has 1 aliphatic rings. The Bertz CT molecular complexity index is 252. The summed E-state index contributed by atoms with van der Waals surface area (Å²) in [6.07, 6.45) is 0. The lowest BCUT2D eigenvalue weighted by Gasteiger charge is -2.39. The lowest BCUT2D eigenvalue weighted by atomic mass is 10.1. The molecule has 0 aromatic heterocycles. The van der Waals surface area contributed by atoms with Gasteiger partial charge in [0.25, 0.3) is 0 Å². The molecule has 0 aliphatic carbocycles. The molecule has 96 valence electrons. The fourth-order valence-electron chi connectivity index (χ4n) is 1.02. The van der Waals surface area contributed by atoms with E-state index in [9.17, 15) is 26.3 Å². The molecule has 1 heterocycles. The molecule has 1 saturated heterocycles. The molecular weight excluding hydrogens is 242 g/mol. The maximum Gasteiger partial charge on any atom is 0.376 e. The Morgan fingerprint density at radius 2 is 1.06 bits per heavy atom. The van der Waals surface area contributed by atoms with Gasteiger partial charge < -0.3 is 9.47 Å². The van der Waals surface area contributed by atoms with Crippen molar-refractivity contribution in [2.75, 3.05) is 13.2 Å². The van der Waals surface area contributed by atoms with Gasteiger partial charge in [-0.15, -0.1) is 0 Å². The monoisotopic (exact) mass is 252 g/mol. The lowest BCUT2D eigenvalue weighted by molar-refractivity contribution is -0.380. The lowest BCUT2D eigenvalue weighted by Crippen LogP contribution is -2.61. The minimum Gasteiger partial charge on any atom is -0.344 e. The fourth-order valence-corrected chi connectivity index (χ4v) is 1.02. The van der Waals surface area contributed by atoms with Crippen molar-refractivity contribution in [1.29, 1.82) is 0 Å². The Morgan fingerprint density at radius 1 is 0.750 bits per heavy atom. The summed E-state index contributed by atoms with van der Waals surface area (Å²) < 4.78 is 85.6. The van der Waals surface area contributed by atoms with Crippen molar-refractivity contribution >= 4 is 0 Å². The number of rotatable bonds is 0. The first-order valence-electron chi connectivity index (χ1n) is 4.33. The molecule has 0 bridgehead atoms. The minimum absolute atomic E-state index is 1.09. The molecule has 0 spiro atoms. The first-order valence-corrected chi connectivity index (χ1v) is 4.33. The normalized spacial score (nSPS) is 31.5. The van der Waals surface area contributed by atoms with Gasteiger partial charge >= 0.3 is 17.8 Å². The van der Waals surface area contributed by atoms with Crippen molar-refractivity contribution in [3.63, 3.8) is 0 Å². The zero-order valence-corrected chi connectivity index (χ0v) is 8.50. The van der Waals surface area contributed by atoms with Gasteiger partial charge in [0.05, 0.1) is 0 Å². The van der Waals surface area contributed by atoms with Crippen molar-refractivity contribution in [2.45, 2.75) is 37.4 Å². The van der Waals surface area contributed by atoms with E-state index in [4.69, 9.17) is 0 Å². The zero-order valence-electron chi connectivity index (χ0n) is 8.50. The predicted octanol–water partition coefficient (Wildman–Crippen LogP) is 2.68. The summed E-state index contributed by atoms with van der Waals surface area (Å²) in [6.45, 7) is -1.49. The molecule has 0 unspecified atom stereocenters. The van der Waals surface area contributed by atoms with E-state index >= 15 is 0 Å². The van der Waals surface area contributed by atoms with Crippen molar-refractivity contribution < 1.29 is 35.8 Å². The van der Waals surface area contributed by atoms with Crippen LogP contribution in [0.4, 0.5) is 26.3 Å². The standard InChI is InChI=1S/C8H10F6O2/c1-5(2)15-3-6(9,10)8(13,14)7(11,12)4-16-5/h3-4H2,1-2H3. The Kier molecular flexibility index (Phi) is 2.96. The Hall–Kier alpha value is -0.500. The van der Waals surface area contributed by atoms with E-state index < -0.39 is 36.8 Å². The molecule has 1 fully saturated rings. The van der Waals surface area contributed by atoms with Gasteiger partial charge in [0.15, 0.2) is 5.79 Å². The first kappa shape index (κ1) is 13.6. The minimum atomic E-state index is -5.50. The second-order valence-electron chi connectivity index (χ2n) is 3.96. The van der Waals surface area contributed by atoms with Crippen LogP contribution in [0.25, 0.3) is 0 Å². The highest BCUT2D eigenvalue weighted by Crippen LogP contribution is 2.47. The summed E-state index contributed by atoms with van der Waals surface area (Å²) in [5, 5.41) is 0. The molecule has 8 heteroatoms. The third-order valence-corrected chi connectivity index (χ3v) is 2.12. The van der Waals surface area contributed by atoms with Gasteiger partial charge in [-0.3, -0.25) is 0 Å². The van der Waals surface area contributed by atoms with E-state index in [2.05, 4.69) is 9.47 Å². The predicted molar refractivity (Wildman–Crippen MR) is 40.8 cm³/mol. The van der Waals surface area contributed by atoms with Crippen LogP contribution >= 0.6 is 0 Å². The second-order valence-corrected chi connectivity index (χ2v) is 3.96. The van der Waals surface area contributed by atoms with E-state index in [1.807, 2.05) is 0 Å². The van der Waals surface area contributed by atoms with Gasteiger partial charge in [-0.1, -0.05) is 0 Å². The molecule has 2 nitrogen and oxygen atoms in total. The maximum absolute atomic E-state index is 12.9. The number of hydrogen-bond acceptors (Lipinski definition) is 2. The molecule has 0 radical (unpaired) electrons. The van der Waals surface area contributed by atoms with Crippen molar-refractivity contribution in [2.24, 2.45) is 0 Å². The van der Waals surface area contributed by atoms with Crippen LogP contribution in [-0.2, 0) is 9.47 Å². The molecule has 1 aliphatic heterocycles. The number of hydrogen-bond donors (Lipinski definition) is 0. The quantitative estimate of drug-likeness (QED) is 0.617. The molecular formula is C8H10F6O2. The maximum atomic E-state index is 12.9. The van der Waals surface area contributed by atoms with Gasteiger partial charge in [0.1, 0.15) is 13.2 Å². The highest BCUT2D eigenvalue weighted by molar-refractivity contribution is 4.97. The number of alkyl halides is 6. The van der Waals surface area contributed by atoms with Crippen LogP contribution in [-0.4, -0.2) is 36.8 Å². The smallest absolute Gasteiger partial charge is 0.344 e. The van der Waals surface area contributed by atoms with E-state index in [0.29, 0.717) is 0 Å². The van der Waals surface area contributed by atoms with Crippen molar-refractivity contribution in [1.82, 2.24) is 0 Å². The van der Waals surface area contributed by atoms with Crippen LogP contribution in [0.3, 0.4) is 0 Å². The zero-order chi connectivity index (χ0) is 12.8. The van der Waals surface area contributed by atoms with Crippen LogP contribution in [0.15, 0.2) is 0 Å². The Balaban J connectivity index is 3.06. The molecule has 16 heavy (non-hydrogen) atoms. The van der Waals surface area contributed by atoms with Crippen LogP contribution < -0.4 is 0 Å². The summed E-state index contributed by atoms with van der Waals surface area (Å²) in [7, 11) is 0. The molecule has 0 aromatic carbocycles. The van der Waals surface area contributed by atoms with E-state index in [0.717, 1.165) is 13.8 Å². The third-order valence-electron chi connectivity index (χ3n) is 2.12.